The van der Waals surface area contributed by atoms with Gasteiger partial charge in [-0.15, -0.1) is 0 Å². The number of carbonyl (C=O) groups is 4. The van der Waals surface area contributed by atoms with Gasteiger partial charge in [0, 0.05) is 11.8 Å². The van der Waals surface area contributed by atoms with Crippen LogP contribution in [0.1, 0.15) is 28.7 Å². The van der Waals surface area contributed by atoms with Crippen LogP contribution in [0.5, 0.6) is 0 Å². The van der Waals surface area contributed by atoms with E-state index in [9.17, 15) is 19.2 Å². The molecule has 11 heteroatoms. The Morgan fingerprint density at radius 2 is 1.85 bits per heavy atom. The summed E-state index contributed by atoms with van der Waals surface area (Å²) in [6.07, 6.45) is 2.10. The van der Waals surface area contributed by atoms with Gasteiger partial charge in [0.05, 0.1) is 19.2 Å². The summed E-state index contributed by atoms with van der Waals surface area (Å²) in [5.41, 5.74) is 0.0517. The maximum Gasteiger partial charge on any atom is 0.274 e. The maximum absolute atomic E-state index is 12.9. The molecule has 34 heavy (non-hydrogen) atoms. The standard InChI is InChI=1S/C23H28N4O6S/c1-14-9-17(27-33-14)22(31)26-18(12-34-3)21(30)24-11-19(28)25-16(20(29)23(2)13-32-23)10-15-7-5-4-6-8-15/h4-9,16,18H,10-13H2,1-3H3,(H,24,30)(H,25,28)(H,26,31)/t16?,18-,23?/m1/s1. The molecule has 0 spiro atoms. The summed E-state index contributed by atoms with van der Waals surface area (Å²) < 4.78 is 10.2. The average molecular weight is 489 g/mol. The first kappa shape index (κ1) is 25.4. The van der Waals surface area contributed by atoms with Gasteiger partial charge in [0.25, 0.3) is 5.91 Å². The number of benzene rings is 1. The smallest absolute Gasteiger partial charge is 0.274 e. The zero-order chi connectivity index (χ0) is 24.7. The van der Waals surface area contributed by atoms with E-state index in [-0.39, 0.29) is 18.0 Å². The van der Waals surface area contributed by atoms with Crippen molar-refractivity contribution in [2.75, 3.05) is 25.2 Å². The van der Waals surface area contributed by atoms with Crippen LogP contribution < -0.4 is 16.0 Å². The number of hydrogen-bond donors (Lipinski definition) is 3. The largest absolute Gasteiger partial charge is 0.361 e. The van der Waals surface area contributed by atoms with Crippen molar-refractivity contribution in [3.05, 3.63) is 53.4 Å². The molecule has 1 aliphatic rings. The third-order valence-corrected chi connectivity index (χ3v) is 5.94. The number of thioether (sulfide) groups is 1. The van der Waals surface area contributed by atoms with Crippen molar-refractivity contribution in [3.63, 3.8) is 0 Å². The fourth-order valence-electron chi connectivity index (χ4n) is 3.27. The van der Waals surface area contributed by atoms with Crippen molar-refractivity contribution < 1.29 is 28.4 Å². The predicted molar refractivity (Wildman–Crippen MR) is 125 cm³/mol. The fraction of sp³-hybridized carbons (Fsp3) is 0.435. The second kappa shape index (κ2) is 11.3. The van der Waals surface area contributed by atoms with Gasteiger partial charge >= 0.3 is 0 Å². The first-order chi connectivity index (χ1) is 16.2. The second-order valence-corrected chi connectivity index (χ2v) is 9.13. The van der Waals surface area contributed by atoms with E-state index in [0.717, 1.165) is 5.56 Å². The third-order valence-electron chi connectivity index (χ3n) is 5.27. The summed E-state index contributed by atoms with van der Waals surface area (Å²) in [5.74, 6) is -1.05. The van der Waals surface area contributed by atoms with Crippen LogP contribution in [0, 0.1) is 6.92 Å². The molecular formula is C23H28N4O6S. The van der Waals surface area contributed by atoms with E-state index in [2.05, 4.69) is 21.1 Å². The van der Waals surface area contributed by atoms with Crippen LogP contribution in [0.15, 0.2) is 40.9 Å². The summed E-state index contributed by atoms with van der Waals surface area (Å²) >= 11 is 1.36. The number of ketones is 1. The topological polar surface area (TPSA) is 143 Å². The van der Waals surface area contributed by atoms with Gasteiger partial charge in [-0.05, 0) is 32.1 Å². The highest BCUT2D eigenvalue weighted by Crippen LogP contribution is 2.29. The lowest BCUT2D eigenvalue weighted by Crippen LogP contribution is -2.53. The predicted octanol–water partition coefficient (Wildman–Crippen LogP) is 0.646. The number of nitrogens with one attached hydrogen (secondary N) is 3. The second-order valence-electron chi connectivity index (χ2n) is 8.22. The first-order valence-corrected chi connectivity index (χ1v) is 12.1. The summed E-state index contributed by atoms with van der Waals surface area (Å²) in [6.45, 7) is 3.30. The molecule has 1 aromatic carbocycles. The number of carbonyl (C=O) groups excluding carboxylic acids is 4. The molecule has 3 N–H and O–H groups in total. The van der Waals surface area contributed by atoms with E-state index in [1.807, 2.05) is 30.3 Å². The number of amides is 3. The first-order valence-electron chi connectivity index (χ1n) is 10.7. The van der Waals surface area contributed by atoms with E-state index in [1.165, 1.54) is 17.8 Å². The summed E-state index contributed by atoms with van der Waals surface area (Å²) in [5, 5.41) is 11.5. The van der Waals surface area contributed by atoms with Crippen molar-refractivity contribution in [2.24, 2.45) is 0 Å². The molecule has 2 aromatic rings. The normalized spacial score (nSPS) is 18.4. The third kappa shape index (κ3) is 6.91. The molecule has 1 fully saturated rings. The molecule has 0 bridgehead atoms. The highest BCUT2D eigenvalue weighted by Gasteiger charge is 2.50. The molecule has 2 heterocycles. The van der Waals surface area contributed by atoms with Crippen LogP contribution in [0.2, 0.25) is 0 Å². The molecule has 3 amide bonds. The van der Waals surface area contributed by atoms with Gasteiger partial charge in [0.1, 0.15) is 17.4 Å². The Bertz CT molecular complexity index is 1040. The highest BCUT2D eigenvalue weighted by atomic mass is 32.2. The van der Waals surface area contributed by atoms with Crippen molar-refractivity contribution in [1.82, 2.24) is 21.1 Å². The Morgan fingerprint density at radius 1 is 1.15 bits per heavy atom. The molecule has 3 rings (SSSR count). The van der Waals surface area contributed by atoms with Gasteiger partial charge in [-0.1, -0.05) is 35.5 Å². The Kier molecular flexibility index (Phi) is 8.46. The minimum absolute atomic E-state index is 0.0622. The van der Waals surface area contributed by atoms with E-state index < -0.39 is 35.4 Å². The molecule has 0 saturated carbocycles. The quantitative estimate of drug-likeness (QED) is 0.370. The van der Waals surface area contributed by atoms with Crippen LogP contribution >= 0.6 is 11.8 Å². The molecule has 2 unspecified atom stereocenters. The summed E-state index contributed by atoms with van der Waals surface area (Å²) in [6, 6.07) is 9.11. The highest BCUT2D eigenvalue weighted by molar-refractivity contribution is 7.98. The van der Waals surface area contributed by atoms with Crippen LogP contribution in [-0.2, 0) is 25.5 Å². The van der Waals surface area contributed by atoms with Gasteiger partial charge in [0.2, 0.25) is 11.8 Å². The summed E-state index contributed by atoms with van der Waals surface area (Å²) in [7, 11) is 0. The number of epoxide rings is 1. The van der Waals surface area contributed by atoms with E-state index in [4.69, 9.17) is 9.26 Å². The van der Waals surface area contributed by atoms with Crippen molar-refractivity contribution in [2.45, 2.75) is 38.0 Å². The van der Waals surface area contributed by atoms with E-state index in [0.29, 0.717) is 24.5 Å². The number of aromatic nitrogens is 1. The number of ether oxygens (including phenoxy) is 1. The van der Waals surface area contributed by atoms with Gasteiger partial charge in [0.15, 0.2) is 11.5 Å². The molecule has 3 atom stereocenters. The van der Waals surface area contributed by atoms with Crippen LogP contribution in [0.4, 0.5) is 0 Å². The number of Topliss-reactive ketones (excluding diaryl/α,β-unsaturated/α-hetero) is 1. The minimum atomic E-state index is -0.900. The molecule has 10 nitrogen and oxygen atoms in total. The minimum Gasteiger partial charge on any atom is -0.361 e. The molecule has 1 saturated heterocycles. The SMILES string of the molecule is CSC[C@@H](NC(=O)c1cc(C)on1)C(=O)NCC(=O)NC(Cc1ccccc1)C(=O)C1(C)CO1. The average Bonchev–Trinajstić information content (AvgIpc) is 3.42. The number of hydrogen-bond acceptors (Lipinski definition) is 8. The molecule has 1 aliphatic heterocycles. The number of aryl methyl sites for hydroxylation is 1. The molecule has 0 aliphatic carbocycles. The van der Waals surface area contributed by atoms with Crippen LogP contribution in [0.3, 0.4) is 0 Å². The lowest BCUT2D eigenvalue weighted by atomic mass is 9.95. The fourth-order valence-corrected chi connectivity index (χ4v) is 3.84. The lowest BCUT2D eigenvalue weighted by molar-refractivity contribution is -0.131. The summed E-state index contributed by atoms with van der Waals surface area (Å²) in [4.78, 5) is 50.4. The Labute approximate surface area is 201 Å². The van der Waals surface area contributed by atoms with Crippen molar-refractivity contribution in [3.8, 4) is 0 Å². The molecule has 182 valence electrons. The molecule has 0 radical (unpaired) electrons. The zero-order valence-corrected chi connectivity index (χ0v) is 20.1. The lowest BCUT2D eigenvalue weighted by Gasteiger charge is -2.21. The maximum atomic E-state index is 12.9. The Hall–Kier alpha value is -3.18. The number of nitrogens with zero attached hydrogens (tertiary/aromatic N) is 1. The van der Waals surface area contributed by atoms with Gasteiger partial charge in [-0.2, -0.15) is 11.8 Å². The molecular weight excluding hydrogens is 460 g/mol. The molecule has 1 aromatic heterocycles. The van der Waals surface area contributed by atoms with Gasteiger partial charge < -0.3 is 25.2 Å². The van der Waals surface area contributed by atoms with Crippen molar-refractivity contribution in [1.29, 1.82) is 0 Å². The van der Waals surface area contributed by atoms with Crippen LogP contribution in [0.25, 0.3) is 0 Å². The zero-order valence-electron chi connectivity index (χ0n) is 19.3. The van der Waals surface area contributed by atoms with Gasteiger partial charge in [-0.25, -0.2) is 0 Å². The van der Waals surface area contributed by atoms with E-state index in [1.54, 1.807) is 20.1 Å². The Balaban J connectivity index is 1.57. The van der Waals surface area contributed by atoms with Crippen LogP contribution in [-0.4, -0.2) is 71.5 Å². The van der Waals surface area contributed by atoms with Crippen molar-refractivity contribution >= 4 is 35.3 Å². The Morgan fingerprint density at radius 3 is 2.44 bits per heavy atom. The number of rotatable bonds is 12. The monoisotopic (exact) mass is 488 g/mol. The van der Waals surface area contributed by atoms with E-state index >= 15 is 0 Å². The van der Waals surface area contributed by atoms with Gasteiger partial charge in [-0.3, -0.25) is 19.2 Å².